The van der Waals surface area contributed by atoms with E-state index in [1.54, 1.807) is 4.90 Å². The molecule has 1 aromatic carbocycles. The number of carbonyl (C=O) groups is 2. The van der Waals surface area contributed by atoms with E-state index in [9.17, 15) is 14.7 Å². The first-order valence-corrected chi connectivity index (χ1v) is 9.79. The van der Waals surface area contributed by atoms with Crippen molar-refractivity contribution in [2.75, 3.05) is 18.0 Å². The molecule has 1 aliphatic carbocycles. The molecule has 1 saturated carbocycles. The molecular formula is C21H30N2O3. The molecule has 1 heterocycles. The highest BCUT2D eigenvalue weighted by molar-refractivity contribution is 6.00. The molecule has 3 rings (SSSR count). The number of hydrogen-bond acceptors (Lipinski definition) is 3. The summed E-state index contributed by atoms with van der Waals surface area (Å²) >= 11 is 0. The largest absolute Gasteiger partial charge is 0.391 e. The van der Waals surface area contributed by atoms with Crippen molar-refractivity contribution >= 4 is 17.5 Å². The maximum absolute atomic E-state index is 12.5. The molecule has 5 heteroatoms. The van der Waals surface area contributed by atoms with Gasteiger partial charge in [0.1, 0.15) is 0 Å². The van der Waals surface area contributed by atoms with Crippen molar-refractivity contribution in [1.29, 1.82) is 0 Å². The lowest BCUT2D eigenvalue weighted by molar-refractivity contribution is -0.126. The van der Waals surface area contributed by atoms with Gasteiger partial charge in [0.2, 0.25) is 11.8 Å². The van der Waals surface area contributed by atoms with Crippen molar-refractivity contribution in [3.63, 3.8) is 0 Å². The van der Waals surface area contributed by atoms with Crippen LogP contribution < -0.4 is 10.2 Å². The molecular weight excluding hydrogens is 328 g/mol. The first-order chi connectivity index (χ1) is 12.5. The number of carbonyl (C=O) groups excluding carboxylic acids is 2. The van der Waals surface area contributed by atoms with Crippen LogP contribution in [0.2, 0.25) is 0 Å². The van der Waals surface area contributed by atoms with E-state index in [4.69, 9.17) is 0 Å². The fraction of sp³-hybridized carbons (Fsp3) is 0.619. The zero-order valence-electron chi connectivity index (χ0n) is 15.8. The van der Waals surface area contributed by atoms with Crippen LogP contribution >= 0.6 is 0 Å². The van der Waals surface area contributed by atoms with Crippen LogP contribution in [0, 0.1) is 25.7 Å². The van der Waals surface area contributed by atoms with Crippen LogP contribution in [0.25, 0.3) is 0 Å². The number of nitrogens with one attached hydrogen (secondary N) is 1. The van der Waals surface area contributed by atoms with Gasteiger partial charge in [-0.15, -0.1) is 0 Å². The van der Waals surface area contributed by atoms with E-state index in [-0.39, 0.29) is 30.7 Å². The standard InChI is InChI=1S/C21H30N2O3/c1-14-8-9-18(10-15(14)2)23-13-17(11-20(23)25)21(26)22-12-19(24)16-6-4-3-5-7-16/h8-10,16-17,19,24H,3-7,11-13H2,1-2H3,(H,22,26). The Morgan fingerprint density at radius 2 is 1.96 bits per heavy atom. The third-order valence-corrected chi connectivity index (χ3v) is 5.98. The van der Waals surface area contributed by atoms with Crippen LogP contribution in [-0.4, -0.2) is 36.1 Å². The van der Waals surface area contributed by atoms with E-state index < -0.39 is 6.10 Å². The molecule has 2 amide bonds. The number of benzene rings is 1. The fourth-order valence-corrected chi connectivity index (χ4v) is 4.06. The van der Waals surface area contributed by atoms with Crippen LogP contribution in [0.5, 0.6) is 0 Å². The van der Waals surface area contributed by atoms with Gasteiger partial charge in [0.05, 0.1) is 12.0 Å². The van der Waals surface area contributed by atoms with Gasteiger partial charge in [-0.05, 0) is 55.9 Å². The molecule has 0 aromatic heterocycles. The van der Waals surface area contributed by atoms with E-state index >= 15 is 0 Å². The Morgan fingerprint density at radius 1 is 1.23 bits per heavy atom. The molecule has 26 heavy (non-hydrogen) atoms. The number of nitrogens with zero attached hydrogens (tertiary/aromatic N) is 1. The number of aliphatic hydroxyl groups is 1. The lowest BCUT2D eigenvalue weighted by Gasteiger charge is -2.27. The Labute approximate surface area is 155 Å². The van der Waals surface area contributed by atoms with Crippen molar-refractivity contribution in [2.45, 2.75) is 58.5 Å². The number of aliphatic hydroxyl groups excluding tert-OH is 1. The van der Waals surface area contributed by atoms with E-state index in [0.717, 1.165) is 36.9 Å². The smallest absolute Gasteiger partial charge is 0.227 e. The molecule has 2 fully saturated rings. The van der Waals surface area contributed by atoms with Crippen LogP contribution in [0.1, 0.15) is 49.7 Å². The molecule has 2 N–H and O–H groups in total. The third-order valence-electron chi connectivity index (χ3n) is 5.98. The lowest BCUT2D eigenvalue weighted by Crippen LogP contribution is -2.40. The Bertz CT molecular complexity index is 667. The molecule has 2 aliphatic rings. The molecule has 0 radical (unpaired) electrons. The molecule has 5 nitrogen and oxygen atoms in total. The highest BCUT2D eigenvalue weighted by atomic mass is 16.3. The summed E-state index contributed by atoms with van der Waals surface area (Å²) in [5, 5.41) is 13.2. The first kappa shape index (κ1) is 18.9. The van der Waals surface area contributed by atoms with Gasteiger partial charge in [0, 0.05) is 25.2 Å². The number of anilines is 1. The van der Waals surface area contributed by atoms with E-state index in [1.807, 2.05) is 32.0 Å². The highest BCUT2D eigenvalue weighted by Crippen LogP contribution is 2.28. The second-order valence-electron chi connectivity index (χ2n) is 7.88. The van der Waals surface area contributed by atoms with Gasteiger partial charge in [-0.1, -0.05) is 25.3 Å². The summed E-state index contributed by atoms with van der Waals surface area (Å²) < 4.78 is 0. The maximum atomic E-state index is 12.5. The van der Waals surface area contributed by atoms with Crippen LogP contribution in [0.15, 0.2) is 18.2 Å². The topological polar surface area (TPSA) is 69.6 Å². The van der Waals surface area contributed by atoms with Gasteiger partial charge >= 0.3 is 0 Å². The zero-order chi connectivity index (χ0) is 18.7. The van der Waals surface area contributed by atoms with Crippen LogP contribution in [-0.2, 0) is 9.59 Å². The minimum Gasteiger partial charge on any atom is -0.391 e. The average Bonchev–Trinajstić information content (AvgIpc) is 3.04. The second kappa shape index (κ2) is 8.21. The summed E-state index contributed by atoms with van der Waals surface area (Å²) in [6.45, 7) is 4.76. The number of aryl methyl sites for hydroxylation is 2. The van der Waals surface area contributed by atoms with Crippen LogP contribution in [0.3, 0.4) is 0 Å². The van der Waals surface area contributed by atoms with Gasteiger partial charge in [-0.3, -0.25) is 9.59 Å². The van der Waals surface area contributed by atoms with Crippen molar-refractivity contribution in [2.24, 2.45) is 11.8 Å². The minimum atomic E-state index is -0.479. The van der Waals surface area contributed by atoms with E-state index in [2.05, 4.69) is 5.32 Å². The molecule has 1 saturated heterocycles. The Morgan fingerprint density at radius 3 is 2.65 bits per heavy atom. The molecule has 142 valence electrons. The van der Waals surface area contributed by atoms with Crippen molar-refractivity contribution in [3.05, 3.63) is 29.3 Å². The van der Waals surface area contributed by atoms with Gasteiger partial charge in [-0.25, -0.2) is 0 Å². The number of rotatable bonds is 5. The molecule has 1 aliphatic heterocycles. The summed E-state index contributed by atoms with van der Waals surface area (Å²) in [5.41, 5.74) is 3.18. The summed E-state index contributed by atoms with van der Waals surface area (Å²) in [6.07, 6.45) is 5.41. The third kappa shape index (κ3) is 4.26. The van der Waals surface area contributed by atoms with Crippen molar-refractivity contribution < 1.29 is 14.7 Å². The fourth-order valence-electron chi connectivity index (χ4n) is 4.06. The van der Waals surface area contributed by atoms with E-state index in [0.29, 0.717) is 12.5 Å². The van der Waals surface area contributed by atoms with Gasteiger partial charge in [0.25, 0.3) is 0 Å². The van der Waals surface area contributed by atoms with Crippen molar-refractivity contribution in [1.82, 2.24) is 5.32 Å². The Balaban J connectivity index is 1.54. The van der Waals surface area contributed by atoms with Crippen LogP contribution in [0.4, 0.5) is 5.69 Å². The molecule has 1 aromatic rings. The van der Waals surface area contributed by atoms with E-state index in [1.165, 1.54) is 12.0 Å². The SMILES string of the molecule is Cc1ccc(N2CC(C(=O)NCC(O)C3CCCCC3)CC2=O)cc1C. The normalized spacial score (nSPS) is 22.5. The quantitative estimate of drug-likeness (QED) is 0.850. The summed E-state index contributed by atoms with van der Waals surface area (Å²) in [4.78, 5) is 26.5. The average molecular weight is 358 g/mol. The number of amides is 2. The highest BCUT2D eigenvalue weighted by Gasteiger charge is 2.35. The monoisotopic (exact) mass is 358 g/mol. The zero-order valence-corrected chi connectivity index (χ0v) is 15.8. The molecule has 0 bridgehead atoms. The van der Waals surface area contributed by atoms with Gasteiger partial charge in [0.15, 0.2) is 0 Å². The Hall–Kier alpha value is -1.88. The summed E-state index contributed by atoms with van der Waals surface area (Å²) in [6, 6.07) is 5.94. The predicted octanol–water partition coefficient (Wildman–Crippen LogP) is 2.71. The number of hydrogen-bond donors (Lipinski definition) is 2. The maximum Gasteiger partial charge on any atom is 0.227 e. The molecule has 2 unspecified atom stereocenters. The predicted molar refractivity (Wildman–Crippen MR) is 102 cm³/mol. The minimum absolute atomic E-state index is 0.0127. The summed E-state index contributed by atoms with van der Waals surface area (Å²) in [7, 11) is 0. The van der Waals surface area contributed by atoms with Gasteiger partial charge in [-0.2, -0.15) is 0 Å². The summed E-state index contributed by atoms with van der Waals surface area (Å²) in [5.74, 6) is -0.190. The first-order valence-electron chi connectivity index (χ1n) is 9.79. The molecule has 2 atom stereocenters. The lowest BCUT2D eigenvalue weighted by atomic mass is 9.85. The second-order valence-corrected chi connectivity index (χ2v) is 7.88. The van der Waals surface area contributed by atoms with Crippen molar-refractivity contribution in [3.8, 4) is 0 Å². The Kier molecular flexibility index (Phi) is 5.97. The van der Waals surface area contributed by atoms with Gasteiger partial charge < -0.3 is 15.3 Å². The molecule has 0 spiro atoms.